The number of rotatable bonds is 2. The molecule has 2 aromatic rings. The number of carbonyl (C=O) groups is 1. The Kier molecular flexibility index (Phi) is 2.90. The molecule has 0 spiro atoms. The molecule has 94 valence electrons. The molecule has 1 aromatic carbocycles. The first kappa shape index (κ1) is 12.3. The van der Waals surface area contributed by atoms with Gasteiger partial charge in [-0.1, -0.05) is 6.07 Å². The predicted molar refractivity (Wildman–Crippen MR) is 65.0 cm³/mol. The fourth-order valence-corrected chi connectivity index (χ4v) is 2.09. The van der Waals surface area contributed by atoms with Gasteiger partial charge in [-0.05, 0) is 37.1 Å². The minimum atomic E-state index is -1.07. The molecule has 0 aliphatic heterocycles. The first-order valence-electron chi connectivity index (χ1n) is 5.45. The molecule has 0 atom stereocenters. The third-order valence-corrected chi connectivity index (χ3v) is 2.89. The molecule has 0 saturated carbocycles. The minimum Gasteiger partial charge on any atom is -0.477 e. The van der Waals surface area contributed by atoms with Crippen molar-refractivity contribution in [3.63, 3.8) is 0 Å². The van der Waals surface area contributed by atoms with Crippen LogP contribution in [0.4, 0.5) is 4.39 Å². The van der Waals surface area contributed by atoms with Crippen molar-refractivity contribution in [2.45, 2.75) is 13.8 Å². The molecular weight excluding hydrogens is 235 g/mol. The van der Waals surface area contributed by atoms with Crippen molar-refractivity contribution in [2.24, 2.45) is 7.05 Å². The van der Waals surface area contributed by atoms with E-state index in [0.29, 0.717) is 16.8 Å². The number of aromatic nitrogens is 2. The van der Waals surface area contributed by atoms with Gasteiger partial charge < -0.3 is 5.11 Å². The van der Waals surface area contributed by atoms with Crippen molar-refractivity contribution in [2.75, 3.05) is 0 Å². The van der Waals surface area contributed by atoms with E-state index in [1.807, 2.05) is 6.92 Å². The van der Waals surface area contributed by atoms with Gasteiger partial charge in [-0.2, -0.15) is 5.10 Å². The largest absolute Gasteiger partial charge is 0.477 e. The Morgan fingerprint density at radius 2 is 2.06 bits per heavy atom. The summed E-state index contributed by atoms with van der Waals surface area (Å²) in [5.74, 6) is -1.47. The summed E-state index contributed by atoms with van der Waals surface area (Å²) in [4.78, 5) is 11.3. The van der Waals surface area contributed by atoms with Gasteiger partial charge in [-0.25, -0.2) is 9.18 Å². The van der Waals surface area contributed by atoms with Crippen LogP contribution in [0.25, 0.3) is 11.1 Å². The number of aromatic carboxylic acids is 1. The number of hydrogen-bond acceptors (Lipinski definition) is 2. The summed E-state index contributed by atoms with van der Waals surface area (Å²) in [7, 11) is 1.56. The van der Waals surface area contributed by atoms with Gasteiger partial charge in [0.05, 0.1) is 5.69 Å². The van der Waals surface area contributed by atoms with Gasteiger partial charge in [0.2, 0.25) is 0 Å². The summed E-state index contributed by atoms with van der Waals surface area (Å²) in [6.45, 7) is 3.53. The number of hydrogen-bond donors (Lipinski definition) is 1. The second-order valence-corrected chi connectivity index (χ2v) is 4.20. The van der Waals surface area contributed by atoms with Gasteiger partial charge in [0.15, 0.2) is 5.69 Å². The van der Waals surface area contributed by atoms with Crippen molar-refractivity contribution >= 4 is 5.97 Å². The number of carboxylic acid groups (broad SMARTS) is 1. The van der Waals surface area contributed by atoms with Gasteiger partial charge in [0.25, 0.3) is 0 Å². The number of carboxylic acids is 1. The molecule has 0 saturated heterocycles. The topological polar surface area (TPSA) is 55.1 Å². The molecule has 0 unspecified atom stereocenters. The van der Waals surface area contributed by atoms with E-state index in [2.05, 4.69) is 5.10 Å². The summed E-state index contributed by atoms with van der Waals surface area (Å²) in [6.07, 6.45) is 0. The number of halogens is 1. The Morgan fingerprint density at radius 1 is 1.39 bits per heavy atom. The Bertz CT molecular complexity index is 632. The third-order valence-electron chi connectivity index (χ3n) is 2.89. The zero-order chi connectivity index (χ0) is 13.4. The minimum absolute atomic E-state index is 0.0706. The van der Waals surface area contributed by atoms with Gasteiger partial charge >= 0.3 is 5.97 Å². The molecule has 0 aliphatic carbocycles. The molecule has 0 amide bonds. The molecule has 4 nitrogen and oxygen atoms in total. The van der Waals surface area contributed by atoms with Crippen LogP contribution in [0, 0.1) is 19.7 Å². The molecule has 18 heavy (non-hydrogen) atoms. The lowest BCUT2D eigenvalue weighted by Gasteiger charge is -2.07. The lowest BCUT2D eigenvalue weighted by molar-refractivity contribution is 0.0686. The molecule has 1 heterocycles. The maximum absolute atomic E-state index is 13.3. The molecule has 2 rings (SSSR count). The van der Waals surface area contributed by atoms with Crippen molar-refractivity contribution in [1.29, 1.82) is 0 Å². The highest BCUT2D eigenvalue weighted by atomic mass is 19.1. The molecular formula is C13H13FN2O2. The van der Waals surface area contributed by atoms with Crippen molar-refractivity contribution in [3.05, 3.63) is 41.0 Å². The molecule has 1 N–H and O–H groups in total. The van der Waals surface area contributed by atoms with Crippen LogP contribution in [0.1, 0.15) is 21.7 Å². The molecule has 0 aliphatic rings. The van der Waals surface area contributed by atoms with Crippen LogP contribution in [0.2, 0.25) is 0 Å². The van der Waals surface area contributed by atoms with Crippen LogP contribution in [-0.4, -0.2) is 20.9 Å². The predicted octanol–water partition coefficient (Wildman–Crippen LogP) is 2.54. The van der Waals surface area contributed by atoms with E-state index in [1.165, 1.54) is 16.8 Å². The van der Waals surface area contributed by atoms with Gasteiger partial charge in [0.1, 0.15) is 5.82 Å². The lowest BCUT2D eigenvalue weighted by atomic mass is 9.98. The van der Waals surface area contributed by atoms with Crippen molar-refractivity contribution < 1.29 is 14.3 Å². The molecule has 0 fully saturated rings. The van der Waals surface area contributed by atoms with E-state index in [-0.39, 0.29) is 5.69 Å². The summed E-state index contributed by atoms with van der Waals surface area (Å²) < 4.78 is 14.6. The van der Waals surface area contributed by atoms with Crippen LogP contribution in [0.5, 0.6) is 0 Å². The average Bonchev–Trinajstić information content (AvgIpc) is 2.57. The summed E-state index contributed by atoms with van der Waals surface area (Å²) >= 11 is 0. The van der Waals surface area contributed by atoms with Crippen molar-refractivity contribution in [3.8, 4) is 11.1 Å². The Morgan fingerprint density at radius 3 is 2.67 bits per heavy atom. The quantitative estimate of drug-likeness (QED) is 0.888. The fourth-order valence-electron chi connectivity index (χ4n) is 2.09. The number of nitrogens with zero attached hydrogens (tertiary/aromatic N) is 2. The van der Waals surface area contributed by atoms with E-state index in [1.54, 1.807) is 20.0 Å². The highest BCUT2D eigenvalue weighted by Gasteiger charge is 2.22. The Balaban J connectivity index is 2.78. The second-order valence-electron chi connectivity index (χ2n) is 4.20. The number of aryl methyl sites for hydroxylation is 3. The van der Waals surface area contributed by atoms with E-state index < -0.39 is 11.8 Å². The van der Waals surface area contributed by atoms with Crippen LogP contribution < -0.4 is 0 Å². The van der Waals surface area contributed by atoms with Gasteiger partial charge in [0, 0.05) is 12.6 Å². The van der Waals surface area contributed by atoms with E-state index in [0.717, 1.165) is 5.56 Å². The third kappa shape index (κ3) is 1.88. The van der Waals surface area contributed by atoms with Crippen LogP contribution in [-0.2, 0) is 7.05 Å². The second kappa shape index (κ2) is 4.25. The highest BCUT2D eigenvalue weighted by molar-refractivity contribution is 5.95. The van der Waals surface area contributed by atoms with Crippen LogP contribution in [0.15, 0.2) is 18.2 Å². The zero-order valence-electron chi connectivity index (χ0n) is 10.4. The Labute approximate surface area is 104 Å². The van der Waals surface area contributed by atoms with Gasteiger partial charge in [-0.15, -0.1) is 0 Å². The van der Waals surface area contributed by atoms with E-state index in [4.69, 9.17) is 0 Å². The summed E-state index contributed by atoms with van der Waals surface area (Å²) in [5.41, 5.74) is 2.50. The maximum Gasteiger partial charge on any atom is 0.354 e. The molecule has 0 radical (unpaired) electrons. The molecule has 0 bridgehead atoms. The Hall–Kier alpha value is -2.17. The summed E-state index contributed by atoms with van der Waals surface area (Å²) in [5, 5.41) is 13.3. The first-order valence-corrected chi connectivity index (χ1v) is 5.45. The van der Waals surface area contributed by atoms with Crippen LogP contribution in [0.3, 0.4) is 0 Å². The average molecular weight is 248 g/mol. The fraction of sp³-hybridized carbons (Fsp3) is 0.231. The molecule has 5 heteroatoms. The van der Waals surface area contributed by atoms with Crippen LogP contribution >= 0.6 is 0 Å². The normalized spacial score (nSPS) is 10.7. The first-order chi connectivity index (χ1) is 8.41. The van der Waals surface area contributed by atoms with Gasteiger partial charge in [-0.3, -0.25) is 4.68 Å². The van der Waals surface area contributed by atoms with E-state index in [9.17, 15) is 14.3 Å². The zero-order valence-corrected chi connectivity index (χ0v) is 10.4. The standard InChI is InChI=1S/C13H13FN2O2/c1-7-4-5-9(14)6-10(7)11-8(2)15-16(3)12(11)13(17)18/h4-6H,1-3H3,(H,17,18). The maximum atomic E-state index is 13.3. The number of benzene rings is 1. The van der Waals surface area contributed by atoms with E-state index >= 15 is 0 Å². The van der Waals surface area contributed by atoms with Crippen molar-refractivity contribution in [1.82, 2.24) is 9.78 Å². The smallest absolute Gasteiger partial charge is 0.354 e. The SMILES string of the molecule is Cc1ccc(F)cc1-c1c(C)nn(C)c1C(=O)O. The summed E-state index contributed by atoms with van der Waals surface area (Å²) in [6, 6.07) is 4.32. The molecule has 1 aromatic heterocycles. The lowest BCUT2D eigenvalue weighted by Crippen LogP contribution is -2.07. The highest BCUT2D eigenvalue weighted by Crippen LogP contribution is 2.30. The monoisotopic (exact) mass is 248 g/mol.